The van der Waals surface area contributed by atoms with Gasteiger partial charge in [0.25, 0.3) is 0 Å². The largest absolute Gasteiger partial charge is 0.433 e. The summed E-state index contributed by atoms with van der Waals surface area (Å²) in [5, 5.41) is 17.0. The Labute approximate surface area is 116 Å². The quantitative estimate of drug-likeness (QED) is 0.310. The summed E-state index contributed by atoms with van der Waals surface area (Å²) in [6.07, 6.45) is 0.115. The molecular weight excluding hydrogens is 272 g/mol. The summed E-state index contributed by atoms with van der Waals surface area (Å²) in [7, 11) is 0. The molecule has 2 atom stereocenters. The summed E-state index contributed by atoms with van der Waals surface area (Å²) in [5.74, 6) is -1.56. The predicted molar refractivity (Wildman–Crippen MR) is 66.3 cm³/mol. The van der Waals surface area contributed by atoms with Crippen LogP contribution in [0.15, 0.2) is 12.2 Å². The van der Waals surface area contributed by atoms with Crippen LogP contribution in [0.4, 0.5) is 0 Å². The molecule has 0 amide bonds. The van der Waals surface area contributed by atoms with Crippen LogP contribution in [0.25, 0.3) is 0 Å². The first-order valence-electron chi connectivity index (χ1n) is 6.03. The van der Waals surface area contributed by atoms with Crippen LogP contribution in [0, 0.1) is 0 Å². The Morgan fingerprint density at radius 1 is 0.900 bits per heavy atom. The lowest BCUT2D eigenvalue weighted by molar-refractivity contribution is -0.173. The molecule has 0 aliphatic heterocycles. The molecule has 0 bridgehead atoms. The Bertz CT molecular complexity index is 285. The molecule has 20 heavy (non-hydrogen) atoms. The van der Waals surface area contributed by atoms with Crippen molar-refractivity contribution < 1.29 is 38.7 Å². The van der Waals surface area contributed by atoms with Crippen LogP contribution in [-0.4, -0.2) is 61.2 Å². The maximum absolute atomic E-state index is 11.3. The minimum atomic E-state index is -0.831. The van der Waals surface area contributed by atoms with Crippen LogP contribution in [0.2, 0.25) is 0 Å². The second-order valence-electron chi connectivity index (χ2n) is 3.53. The zero-order valence-electron chi connectivity index (χ0n) is 11.5. The van der Waals surface area contributed by atoms with E-state index in [1.54, 1.807) is 0 Å². The molecular formula is C12H20O8. The number of hydrogen-bond acceptors (Lipinski definition) is 8. The van der Waals surface area contributed by atoms with Crippen LogP contribution in [0.5, 0.6) is 0 Å². The van der Waals surface area contributed by atoms with Gasteiger partial charge in [-0.15, -0.1) is 0 Å². The van der Waals surface area contributed by atoms with E-state index in [-0.39, 0.29) is 26.4 Å². The molecule has 8 nitrogen and oxygen atoms in total. The van der Waals surface area contributed by atoms with Crippen LogP contribution >= 0.6 is 0 Å². The van der Waals surface area contributed by atoms with Crippen molar-refractivity contribution in [2.45, 2.75) is 26.4 Å². The highest BCUT2D eigenvalue weighted by Crippen LogP contribution is 1.97. The van der Waals surface area contributed by atoms with Gasteiger partial charge in [0.05, 0.1) is 26.4 Å². The lowest BCUT2D eigenvalue weighted by atomic mass is 10.5. The molecule has 2 N–H and O–H groups in total. The Balaban J connectivity index is 3.96. The minimum Gasteiger partial charge on any atom is -0.433 e. The fourth-order valence-corrected chi connectivity index (χ4v) is 1.05. The molecule has 0 aromatic rings. The topological polar surface area (TPSA) is 112 Å². The average Bonchev–Trinajstić information content (AvgIpc) is 2.40. The van der Waals surface area contributed by atoms with E-state index in [0.717, 1.165) is 12.2 Å². The molecule has 8 heteroatoms. The van der Waals surface area contributed by atoms with E-state index in [9.17, 15) is 9.59 Å². The van der Waals surface area contributed by atoms with Crippen molar-refractivity contribution in [3.63, 3.8) is 0 Å². The Hall–Kier alpha value is -1.48. The maximum Gasteiger partial charge on any atom is 0.333 e. The molecule has 0 radical (unpaired) electrons. The van der Waals surface area contributed by atoms with Gasteiger partial charge in [-0.2, -0.15) is 0 Å². The first-order valence-corrected chi connectivity index (χ1v) is 6.03. The third-order valence-corrected chi connectivity index (χ3v) is 1.81. The van der Waals surface area contributed by atoms with Gasteiger partial charge in [0, 0.05) is 12.2 Å². The predicted octanol–water partition coefficient (Wildman–Crippen LogP) is -0.661. The van der Waals surface area contributed by atoms with E-state index in [0.29, 0.717) is 0 Å². The third kappa shape index (κ3) is 10.4. The van der Waals surface area contributed by atoms with Crippen LogP contribution < -0.4 is 0 Å². The number of carbonyl (C=O) groups excluding carboxylic acids is 2. The van der Waals surface area contributed by atoms with Gasteiger partial charge in [-0.1, -0.05) is 0 Å². The monoisotopic (exact) mass is 292 g/mol. The summed E-state index contributed by atoms with van der Waals surface area (Å²) < 4.78 is 19.3. The maximum atomic E-state index is 11.3. The van der Waals surface area contributed by atoms with E-state index >= 15 is 0 Å². The first kappa shape index (κ1) is 18.5. The van der Waals surface area contributed by atoms with Gasteiger partial charge < -0.3 is 29.2 Å². The van der Waals surface area contributed by atoms with E-state index < -0.39 is 24.5 Å². The summed E-state index contributed by atoms with van der Waals surface area (Å²) in [4.78, 5) is 22.5. The number of ether oxygens (including phenoxy) is 4. The van der Waals surface area contributed by atoms with E-state index in [2.05, 4.69) is 0 Å². The lowest BCUT2D eigenvalue weighted by Gasteiger charge is -2.12. The number of carbonyl (C=O) groups is 2. The van der Waals surface area contributed by atoms with Crippen molar-refractivity contribution in [1.82, 2.24) is 0 Å². The van der Waals surface area contributed by atoms with Gasteiger partial charge in [0.15, 0.2) is 0 Å². The molecule has 0 aromatic carbocycles. The van der Waals surface area contributed by atoms with Crippen molar-refractivity contribution in [2.24, 2.45) is 0 Å². The Morgan fingerprint density at radius 2 is 1.25 bits per heavy atom. The fraction of sp³-hybridized carbons (Fsp3) is 0.667. The second kappa shape index (κ2) is 11.4. The third-order valence-electron chi connectivity index (χ3n) is 1.81. The molecule has 0 spiro atoms. The number of aliphatic hydroxyl groups is 2. The van der Waals surface area contributed by atoms with Crippen molar-refractivity contribution in [2.75, 3.05) is 26.4 Å². The van der Waals surface area contributed by atoms with Gasteiger partial charge in [-0.3, -0.25) is 0 Å². The molecule has 116 valence electrons. The average molecular weight is 292 g/mol. The molecule has 0 aromatic heterocycles. The van der Waals surface area contributed by atoms with Gasteiger partial charge >= 0.3 is 11.9 Å². The summed E-state index contributed by atoms with van der Waals surface area (Å²) in [5.41, 5.74) is 0. The Morgan fingerprint density at radius 3 is 1.55 bits per heavy atom. The number of aliphatic hydroxyl groups excluding tert-OH is 2. The van der Waals surface area contributed by atoms with Gasteiger partial charge in [0.1, 0.15) is 0 Å². The highest BCUT2D eigenvalue weighted by atomic mass is 16.7. The van der Waals surface area contributed by atoms with Gasteiger partial charge in [-0.25, -0.2) is 9.59 Å². The fourth-order valence-electron chi connectivity index (χ4n) is 1.05. The summed E-state index contributed by atoms with van der Waals surface area (Å²) in [6, 6.07) is 0. The zero-order chi connectivity index (χ0) is 15.4. The molecule has 0 heterocycles. The molecule has 0 saturated heterocycles. The lowest BCUT2D eigenvalue weighted by Crippen LogP contribution is -2.20. The zero-order valence-corrected chi connectivity index (χ0v) is 11.5. The van der Waals surface area contributed by atoms with E-state index in [4.69, 9.17) is 29.2 Å². The van der Waals surface area contributed by atoms with Crippen molar-refractivity contribution >= 4 is 11.9 Å². The van der Waals surface area contributed by atoms with Crippen LogP contribution in [-0.2, 0) is 28.5 Å². The van der Waals surface area contributed by atoms with Crippen molar-refractivity contribution in [1.29, 1.82) is 0 Å². The van der Waals surface area contributed by atoms with Gasteiger partial charge in [-0.05, 0) is 13.8 Å². The molecule has 0 rings (SSSR count). The molecule has 0 fully saturated rings. The highest BCUT2D eigenvalue weighted by molar-refractivity contribution is 5.91. The SMILES string of the molecule is CC(OCCO)OC(=O)C=CC(=O)OC(C)OCCO. The highest BCUT2D eigenvalue weighted by Gasteiger charge is 2.09. The van der Waals surface area contributed by atoms with Crippen molar-refractivity contribution in [3.05, 3.63) is 12.2 Å². The Kier molecular flexibility index (Phi) is 10.5. The summed E-state index contributed by atoms with van der Waals surface area (Å²) in [6.45, 7) is 2.67. The summed E-state index contributed by atoms with van der Waals surface area (Å²) >= 11 is 0. The normalized spacial score (nSPS) is 14.0. The van der Waals surface area contributed by atoms with E-state index in [1.807, 2.05) is 0 Å². The number of esters is 2. The second-order valence-corrected chi connectivity index (χ2v) is 3.53. The smallest absolute Gasteiger partial charge is 0.333 e. The first-order chi connectivity index (χ1) is 9.49. The number of rotatable bonds is 10. The molecule has 2 unspecified atom stereocenters. The number of hydrogen-bond donors (Lipinski definition) is 2. The van der Waals surface area contributed by atoms with Crippen LogP contribution in [0.1, 0.15) is 13.8 Å². The van der Waals surface area contributed by atoms with Crippen molar-refractivity contribution in [3.8, 4) is 0 Å². The van der Waals surface area contributed by atoms with E-state index in [1.165, 1.54) is 13.8 Å². The van der Waals surface area contributed by atoms with Gasteiger partial charge in [0.2, 0.25) is 12.6 Å². The minimum absolute atomic E-state index is 0.0416. The molecule has 0 aliphatic rings. The standard InChI is InChI=1S/C12H20O8/c1-9(17-7-5-13)19-11(15)3-4-12(16)20-10(2)18-8-6-14/h3-4,9-10,13-14H,5-8H2,1-2H3. The van der Waals surface area contributed by atoms with Crippen LogP contribution in [0.3, 0.4) is 0 Å². The molecule has 0 saturated carbocycles. The molecule has 0 aliphatic carbocycles.